The lowest BCUT2D eigenvalue weighted by molar-refractivity contribution is 0.584. The third kappa shape index (κ3) is 2.47. The molecule has 0 radical (unpaired) electrons. The van der Waals surface area contributed by atoms with E-state index in [1.165, 1.54) is 11.1 Å². The summed E-state index contributed by atoms with van der Waals surface area (Å²) in [6.07, 6.45) is 3.79. The fourth-order valence-electron chi connectivity index (χ4n) is 2.18. The molecule has 4 heteroatoms. The average molecular weight is 232 g/mol. The molecule has 4 nitrogen and oxygen atoms in total. The van der Waals surface area contributed by atoms with Crippen LogP contribution < -0.4 is 10.2 Å². The zero-order valence-electron chi connectivity index (χ0n) is 10.8. The Labute approximate surface area is 103 Å². The molecule has 0 saturated carbocycles. The molecule has 0 unspecified atom stereocenters. The van der Waals surface area contributed by atoms with Gasteiger partial charge in [0.2, 0.25) is 0 Å². The molecule has 0 spiro atoms. The number of aromatic nitrogens is 2. The van der Waals surface area contributed by atoms with E-state index in [1.54, 1.807) is 6.33 Å². The molecule has 1 aromatic rings. The molecular weight excluding hydrogens is 212 g/mol. The number of hydrogen-bond acceptors (Lipinski definition) is 4. The van der Waals surface area contributed by atoms with Crippen LogP contribution in [0.25, 0.3) is 5.57 Å². The molecule has 1 aliphatic heterocycles. The Kier molecular flexibility index (Phi) is 3.74. The predicted molar refractivity (Wildman–Crippen MR) is 71.2 cm³/mol. The molecule has 1 fully saturated rings. The van der Waals surface area contributed by atoms with E-state index in [9.17, 15) is 0 Å². The third-order valence-electron chi connectivity index (χ3n) is 3.26. The monoisotopic (exact) mass is 232 g/mol. The zero-order chi connectivity index (χ0) is 12.3. The van der Waals surface area contributed by atoms with E-state index in [4.69, 9.17) is 0 Å². The Balaban J connectivity index is 2.41. The van der Waals surface area contributed by atoms with Crippen LogP contribution in [0.5, 0.6) is 0 Å². The summed E-state index contributed by atoms with van der Waals surface area (Å²) < 4.78 is 0. The summed E-state index contributed by atoms with van der Waals surface area (Å²) in [5.41, 5.74) is 3.50. The van der Waals surface area contributed by atoms with E-state index in [-0.39, 0.29) is 0 Å². The van der Waals surface area contributed by atoms with Crippen molar-refractivity contribution >= 4 is 11.4 Å². The highest BCUT2D eigenvalue weighted by Gasteiger charge is 2.17. The Morgan fingerprint density at radius 1 is 1.35 bits per heavy atom. The lowest BCUT2D eigenvalue weighted by Gasteiger charge is -2.30. The van der Waals surface area contributed by atoms with Gasteiger partial charge < -0.3 is 10.2 Å². The van der Waals surface area contributed by atoms with Gasteiger partial charge in [-0.3, -0.25) is 0 Å². The molecule has 1 saturated heterocycles. The molecule has 1 aliphatic rings. The van der Waals surface area contributed by atoms with Crippen LogP contribution in [0, 0.1) is 6.92 Å². The molecule has 2 heterocycles. The van der Waals surface area contributed by atoms with E-state index < -0.39 is 0 Å². The van der Waals surface area contributed by atoms with Gasteiger partial charge in [-0.1, -0.05) is 6.08 Å². The Hall–Kier alpha value is -1.42. The van der Waals surface area contributed by atoms with Gasteiger partial charge in [0.25, 0.3) is 0 Å². The maximum absolute atomic E-state index is 4.48. The van der Waals surface area contributed by atoms with E-state index >= 15 is 0 Å². The maximum atomic E-state index is 4.48. The van der Waals surface area contributed by atoms with Gasteiger partial charge >= 0.3 is 0 Å². The first-order valence-corrected chi connectivity index (χ1v) is 6.14. The average Bonchev–Trinajstić information content (AvgIpc) is 2.38. The topological polar surface area (TPSA) is 41.1 Å². The van der Waals surface area contributed by atoms with E-state index in [2.05, 4.69) is 47.0 Å². The number of anilines is 1. The summed E-state index contributed by atoms with van der Waals surface area (Å²) in [5.74, 6) is 1.08. The maximum Gasteiger partial charge on any atom is 0.139 e. The number of aryl methyl sites for hydroxylation is 1. The first kappa shape index (κ1) is 12.0. The van der Waals surface area contributed by atoms with Crippen molar-refractivity contribution in [2.24, 2.45) is 0 Å². The van der Waals surface area contributed by atoms with Crippen LogP contribution in [0.2, 0.25) is 0 Å². The van der Waals surface area contributed by atoms with Crippen molar-refractivity contribution in [3.8, 4) is 0 Å². The molecule has 1 aromatic heterocycles. The molecule has 0 amide bonds. The highest BCUT2D eigenvalue weighted by atomic mass is 15.2. The van der Waals surface area contributed by atoms with Crippen LogP contribution in [-0.4, -0.2) is 36.1 Å². The van der Waals surface area contributed by atoms with Gasteiger partial charge in [-0.2, -0.15) is 0 Å². The number of rotatable bonds is 2. The van der Waals surface area contributed by atoms with Crippen LogP contribution >= 0.6 is 0 Å². The number of nitrogens with one attached hydrogen (secondary N) is 1. The first-order valence-electron chi connectivity index (χ1n) is 6.14. The van der Waals surface area contributed by atoms with Crippen LogP contribution in [0.3, 0.4) is 0 Å². The molecule has 0 atom stereocenters. The smallest absolute Gasteiger partial charge is 0.139 e. The minimum atomic E-state index is 1.01. The van der Waals surface area contributed by atoms with Crippen molar-refractivity contribution in [3.05, 3.63) is 23.7 Å². The summed E-state index contributed by atoms with van der Waals surface area (Å²) in [5, 5.41) is 3.36. The van der Waals surface area contributed by atoms with Crippen molar-refractivity contribution in [2.75, 3.05) is 31.1 Å². The van der Waals surface area contributed by atoms with Crippen LogP contribution in [-0.2, 0) is 0 Å². The highest BCUT2D eigenvalue weighted by molar-refractivity contribution is 5.74. The lowest BCUT2D eigenvalue weighted by atomic mass is 10.1. The minimum absolute atomic E-state index is 1.01. The highest BCUT2D eigenvalue weighted by Crippen LogP contribution is 2.26. The van der Waals surface area contributed by atoms with Gasteiger partial charge in [-0.25, -0.2) is 9.97 Å². The normalized spacial score (nSPS) is 17.4. The van der Waals surface area contributed by atoms with Gasteiger partial charge in [0.05, 0.1) is 5.69 Å². The summed E-state index contributed by atoms with van der Waals surface area (Å²) in [6.45, 7) is 10.3. The van der Waals surface area contributed by atoms with Gasteiger partial charge in [-0.05, 0) is 26.3 Å². The van der Waals surface area contributed by atoms with E-state index in [0.717, 1.165) is 37.7 Å². The van der Waals surface area contributed by atoms with E-state index in [0.29, 0.717) is 0 Å². The zero-order valence-corrected chi connectivity index (χ0v) is 10.8. The molecule has 1 N–H and O–H groups in total. The van der Waals surface area contributed by atoms with Crippen molar-refractivity contribution in [1.29, 1.82) is 0 Å². The van der Waals surface area contributed by atoms with Gasteiger partial charge in [-0.15, -0.1) is 0 Å². The number of piperazine rings is 1. The SMILES string of the molecule is C/C=C(/C)c1c(C)ncnc1N1CCNCC1. The molecule has 92 valence electrons. The van der Waals surface area contributed by atoms with Crippen molar-refractivity contribution in [1.82, 2.24) is 15.3 Å². The van der Waals surface area contributed by atoms with Crippen molar-refractivity contribution in [2.45, 2.75) is 20.8 Å². The fourth-order valence-corrected chi connectivity index (χ4v) is 2.18. The third-order valence-corrected chi connectivity index (χ3v) is 3.26. The lowest BCUT2D eigenvalue weighted by Crippen LogP contribution is -2.44. The van der Waals surface area contributed by atoms with Gasteiger partial charge in [0, 0.05) is 31.7 Å². The van der Waals surface area contributed by atoms with E-state index in [1.807, 2.05) is 0 Å². The van der Waals surface area contributed by atoms with Crippen LogP contribution in [0.4, 0.5) is 5.82 Å². The second kappa shape index (κ2) is 5.27. The largest absolute Gasteiger partial charge is 0.353 e. The second-order valence-electron chi connectivity index (χ2n) is 4.37. The molecule has 17 heavy (non-hydrogen) atoms. The quantitative estimate of drug-likeness (QED) is 0.841. The summed E-state index contributed by atoms with van der Waals surface area (Å²) in [4.78, 5) is 11.1. The van der Waals surface area contributed by atoms with Gasteiger partial charge in [0.1, 0.15) is 12.1 Å². The predicted octanol–water partition coefficient (Wildman–Crippen LogP) is 1.62. The number of allylic oxidation sites excluding steroid dienone is 2. The number of nitrogens with zero attached hydrogens (tertiary/aromatic N) is 3. The standard InChI is InChI=1S/C13H20N4/c1-4-10(2)12-11(3)15-9-16-13(12)17-7-5-14-6-8-17/h4,9,14H,5-8H2,1-3H3/b10-4-. The number of hydrogen-bond donors (Lipinski definition) is 1. The molecule has 0 aromatic carbocycles. The molecule has 2 rings (SSSR count). The molecular formula is C13H20N4. The van der Waals surface area contributed by atoms with Crippen LogP contribution in [0.1, 0.15) is 25.1 Å². The molecule has 0 bridgehead atoms. The molecule has 0 aliphatic carbocycles. The summed E-state index contributed by atoms with van der Waals surface area (Å²) in [7, 11) is 0. The Morgan fingerprint density at radius 2 is 2.06 bits per heavy atom. The van der Waals surface area contributed by atoms with Gasteiger partial charge in [0.15, 0.2) is 0 Å². The van der Waals surface area contributed by atoms with Crippen LogP contribution in [0.15, 0.2) is 12.4 Å². The Bertz CT molecular complexity index is 419. The summed E-state index contributed by atoms with van der Waals surface area (Å²) >= 11 is 0. The fraction of sp³-hybridized carbons (Fsp3) is 0.538. The Morgan fingerprint density at radius 3 is 2.71 bits per heavy atom. The summed E-state index contributed by atoms with van der Waals surface area (Å²) in [6, 6.07) is 0. The minimum Gasteiger partial charge on any atom is -0.353 e. The van der Waals surface area contributed by atoms with Crippen molar-refractivity contribution < 1.29 is 0 Å². The second-order valence-corrected chi connectivity index (χ2v) is 4.37. The first-order chi connectivity index (χ1) is 8.24. The van der Waals surface area contributed by atoms with Crippen molar-refractivity contribution in [3.63, 3.8) is 0 Å².